The summed E-state index contributed by atoms with van der Waals surface area (Å²) in [5.41, 5.74) is 4.15. The summed E-state index contributed by atoms with van der Waals surface area (Å²) in [6.45, 7) is 10.9. The first-order chi connectivity index (χ1) is 16.6. The SMILES string of the molecule is C=Cc1ccc(C(Cl)(CCCCCCCC)CCCCCCCC)c(CCCCCCCC)c1. The maximum atomic E-state index is 7.60. The fraction of sp³-hybridized carbons (Fsp3) is 0.758. The van der Waals surface area contributed by atoms with Gasteiger partial charge in [0.1, 0.15) is 0 Å². The molecule has 0 radical (unpaired) electrons. The van der Waals surface area contributed by atoms with Crippen molar-refractivity contribution in [2.45, 2.75) is 160 Å². The molecule has 0 aliphatic heterocycles. The van der Waals surface area contributed by atoms with Crippen LogP contribution in [0.5, 0.6) is 0 Å². The van der Waals surface area contributed by atoms with Crippen molar-refractivity contribution in [3.8, 4) is 0 Å². The Labute approximate surface area is 219 Å². The largest absolute Gasteiger partial charge is 0.114 e. The third-order valence-corrected chi connectivity index (χ3v) is 8.08. The van der Waals surface area contributed by atoms with E-state index in [0.29, 0.717) is 0 Å². The molecule has 0 nitrogen and oxygen atoms in total. The van der Waals surface area contributed by atoms with Gasteiger partial charge in [-0.1, -0.05) is 161 Å². The molecular formula is C33H57Cl. The lowest BCUT2D eigenvalue weighted by Crippen LogP contribution is -2.21. The van der Waals surface area contributed by atoms with Crippen LogP contribution in [0, 0.1) is 0 Å². The third-order valence-electron chi connectivity index (χ3n) is 7.50. The zero-order chi connectivity index (χ0) is 24.9. The van der Waals surface area contributed by atoms with Gasteiger partial charge in [0.2, 0.25) is 0 Å². The van der Waals surface area contributed by atoms with E-state index in [0.717, 1.165) is 19.3 Å². The Morgan fingerprint density at radius 1 is 0.647 bits per heavy atom. The number of alkyl halides is 1. The van der Waals surface area contributed by atoms with Crippen LogP contribution in [0.1, 0.15) is 166 Å². The van der Waals surface area contributed by atoms with Gasteiger partial charge in [-0.3, -0.25) is 0 Å². The highest BCUT2D eigenvalue weighted by Gasteiger charge is 2.30. The highest BCUT2D eigenvalue weighted by molar-refractivity contribution is 6.24. The molecule has 0 bridgehead atoms. The highest BCUT2D eigenvalue weighted by atomic mass is 35.5. The lowest BCUT2D eigenvalue weighted by atomic mass is 9.82. The van der Waals surface area contributed by atoms with Crippen molar-refractivity contribution in [2.75, 3.05) is 0 Å². The van der Waals surface area contributed by atoms with E-state index in [4.69, 9.17) is 11.6 Å². The second-order valence-corrected chi connectivity index (χ2v) is 11.4. The number of halogens is 1. The number of unbranched alkanes of at least 4 members (excludes halogenated alkanes) is 15. The summed E-state index contributed by atoms with van der Waals surface area (Å²) < 4.78 is 0. The summed E-state index contributed by atoms with van der Waals surface area (Å²) in [6, 6.07) is 6.98. The van der Waals surface area contributed by atoms with Crippen LogP contribution in [0.2, 0.25) is 0 Å². The zero-order valence-corrected chi connectivity index (χ0v) is 24.0. The van der Waals surface area contributed by atoms with E-state index < -0.39 is 0 Å². The second kappa shape index (κ2) is 20.4. The molecule has 0 unspecified atom stereocenters. The quantitative estimate of drug-likeness (QED) is 0.106. The third kappa shape index (κ3) is 13.4. The lowest BCUT2D eigenvalue weighted by Gasteiger charge is -2.31. The monoisotopic (exact) mass is 488 g/mol. The Hall–Kier alpha value is -0.750. The molecule has 0 saturated heterocycles. The second-order valence-electron chi connectivity index (χ2n) is 10.6. The van der Waals surface area contributed by atoms with Crippen LogP contribution in [0.4, 0.5) is 0 Å². The maximum Gasteiger partial charge on any atom is 0.0697 e. The zero-order valence-electron chi connectivity index (χ0n) is 23.2. The van der Waals surface area contributed by atoms with E-state index in [1.807, 2.05) is 6.08 Å². The van der Waals surface area contributed by atoms with Gasteiger partial charge in [-0.25, -0.2) is 0 Å². The van der Waals surface area contributed by atoms with Crippen LogP contribution in [0.25, 0.3) is 6.08 Å². The van der Waals surface area contributed by atoms with Crippen molar-refractivity contribution in [3.63, 3.8) is 0 Å². The molecule has 0 saturated carbocycles. The van der Waals surface area contributed by atoms with Crippen molar-refractivity contribution in [1.82, 2.24) is 0 Å². The molecule has 1 rings (SSSR count). The molecule has 196 valence electrons. The first kappa shape index (κ1) is 31.3. The smallest absolute Gasteiger partial charge is 0.0697 e. The molecule has 0 aliphatic carbocycles. The van der Waals surface area contributed by atoms with Crippen LogP contribution in [-0.4, -0.2) is 0 Å². The first-order valence-electron chi connectivity index (χ1n) is 15.1. The standard InChI is InChI=1S/C33H57Cl/c1-5-9-12-15-18-21-24-31-29-30(8-4)25-26-32(31)33(34,27-22-19-16-13-10-6-2)28-23-20-17-14-11-7-3/h8,25-26,29H,4-7,9-24,27-28H2,1-3H3. The predicted octanol–water partition coefficient (Wildman–Crippen LogP) is 12.2. The highest BCUT2D eigenvalue weighted by Crippen LogP contribution is 2.42. The number of rotatable bonds is 23. The van der Waals surface area contributed by atoms with E-state index in [-0.39, 0.29) is 4.87 Å². The molecule has 34 heavy (non-hydrogen) atoms. The fourth-order valence-electron chi connectivity index (χ4n) is 5.25. The molecule has 1 heteroatoms. The normalized spacial score (nSPS) is 11.8. The molecular weight excluding hydrogens is 432 g/mol. The van der Waals surface area contributed by atoms with Gasteiger partial charge in [0.05, 0.1) is 4.87 Å². The van der Waals surface area contributed by atoms with E-state index in [1.54, 1.807) is 0 Å². The van der Waals surface area contributed by atoms with Crippen LogP contribution in [0.3, 0.4) is 0 Å². The number of hydrogen-bond acceptors (Lipinski definition) is 0. The van der Waals surface area contributed by atoms with Gasteiger partial charge >= 0.3 is 0 Å². The molecule has 0 atom stereocenters. The minimum Gasteiger partial charge on any atom is -0.114 e. The van der Waals surface area contributed by atoms with E-state index in [2.05, 4.69) is 45.5 Å². The van der Waals surface area contributed by atoms with Crippen molar-refractivity contribution in [3.05, 3.63) is 41.5 Å². The molecule has 0 fully saturated rings. The maximum absolute atomic E-state index is 7.60. The van der Waals surface area contributed by atoms with Gasteiger partial charge in [0.25, 0.3) is 0 Å². The number of aryl methyl sites for hydroxylation is 1. The summed E-state index contributed by atoms with van der Waals surface area (Å²) in [7, 11) is 0. The van der Waals surface area contributed by atoms with Crippen LogP contribution in [0.15, 0.2) is 24.8 Å². The Bertz CT molecular complexity index is 601. The summed E-state index contributed by atoms with van der Waals surface area (Å²) >= 11 is 7.60. The minimum absolute atomic E-state index is 0.202. The Morgan fingerprint density at radius 3 is 1.56 bits per heavy atom. The van der Waals surface area contributed by atoms with E-state index >= 15 is 0 Å². The summed E-state index contributed by atoms with van der Waals surface area (Å²) in [4.78, 5) is -0.202. The van der Waals surface area contributed by atoms with Crippen molar-refractivity contribution < 1.29 is 0 Å². The molecule has 1 aromatic rings. The number of hydrogen-bond donors (Lipinski definition) is 0. The van der Waals surface area contributed by atoms with Crippen LogP contribution < -0.4 is 0 Å². The minimum atomic E-state index is -0.202. The first-order valence-corrected chi connectivity index (χ1v) is 15.4. The molecule has 0 spiro atoms. The van der Waals surface area contributed by atoms with Crippen LogP contribution in [-0.2, 0) is 11.3 Å². The predicted molar refractivity (Wildman–Crippen MR) is 157 cm³/mol. The lowest BCUT2D eigenvalue weighted by molar-refractivity contribution is 0.442. The average molecular weight is 489 g/mol. The van der Waals surface area contributed by atoms with Crippen molar-refractivity contribution in [1.29, 1.82) is 0 Å². The Kier molecular flexibility index (Phi) is 18.8. The van der Waals surface area contributed by atoms with Crippen LogP contribution >= 0.6 is 11.6 Å². The number of benzene rings is 1. The van der Waals surface area contributed by atoms with E-state index in [9.17, 15) is 0 Å². The Balaban J connectivity index is 2.87. The van der Waals surface area contributed by atoms with Gasteiger partial charge in [-0.2, -0.15) is 0 Å². The molecule has 0 heterocycles. The Morgan fingerprint density at radius 2 is 1.09 bits per heavy atom. The van der Waals surface area contributed by atoms with Gasteiger partial charge in [-0.05, 0) is 42.4 Å². The summed E-state index contributed by atoms with van der Waals surface area (Å²) in [5, 5.41) is 0. The van der Waals surface area contributed by atoms with Crippen molar-refractivity contribution >= 4 is 17.7 Å². The summed E-state index contributed by atoms with van der Waals surface area (Å²) in [6.07, 6.45) is 29.4. The molecule has 0 aliphatic rings. The molecule has 0 aromatic heterocycles. The van der Waals surface area contributed by atoms with Crippen molar-refractivity contribution in [2.24, 2.45) is 0 Å². The van der Waals surface area contributed by atoms with Gasteiger partial charge in [0, 0.05) is 0 Å². The fourth-order valence-corrected chi connectivity index (χ4v) is 5.70. The molecule has 0 N–H and O–H groups in total. The van der Waals surface area contributed by atoms with Gasteiger partial charge in [0.15, 0.2) is 0 Å². The average Bonchev–Trinajstić information content (AvgIpc) is 2.85. The summed E-state index contributed by atoms with van der Waals surface area (Å²) in [5.74, 6) is 0. The van der Waals surface area contributed by atoms with Gasteiger partial charge in [-0.15, -0.1) is 11.6 Å². The topological polar surface area (TPSA) is 0 Å². The van der Waals surface area contributed by atoms with Gasteiger partial charge < -0.3 is 0 Å². The van der Waals surface area contributed by atoms with E-state index in [1.165, 1.54) is 132 Å². The molecule has 1 aromatic carbocycles. The molecule has 0 amide bonds.